The minimum atomic E-state index is -0.484. The van der Waals surface area contributed by atoms with Crippen LogP contribution in [-0.2, 0) is 15.1 Å². The van der Waals surface area contributed by atoms with E-state index in [9.17, 15) is 4.79 Å². The van der Waals surface area contributed by atoms with Gasteiger partial charge in [0.2, 0.25) is 0 Å². The summed E-state index contributed by atoms with van der Waals surface area (Å²) in [7, 11) is 0. The lowest BCUT2D eigenvalue weighted by atomic mass is 9.75. The van der Waals surface area contributed by atoms with Crippen LogP contribution >= 0.6 is 0 Å². The standard InChI is InChI=1S/C11H14O3/c1-10(2,3)11(9(6-12)14-11)8-4-5-13-7-8/h4-7,9H,1-3H3/t9-,11+/m1/s1. The quantitative estimate of drug-likeness (QED) is 0.535. The predicted octanol–water partition coefficient (Wildman–Crippen LogP) is 2.12. The third-order valence-corrected chi connectivity index (χ3v) is 2.84. The second-order valence-electron chi connectivity index (χ2n) is 4.67. The number of ether oxygens (including phenoxy) is 1. The first-order valence-electron chi connectivity index (χ1n) is 4.68. The van der Waals surface area contributed by atoms with Crippen molar-refractivity contribution in [2.24, 2.45) is 5.41 Å². The van der Waals surface area contributed by atoms with E-state index in [1.54, 1.807) is 12.5 Å². The molecule has 2 rings (SSSR count). The van der Waals surface area contributed by atoms with Gasteiger partial charge in [-0.2, -0.15) is 0 Å². The van der Waals surface area contributed by atoms with Gasteiger partial charge >= 0.3 is 0 Å². The van der Waals surface area contributed by atoms with E-state index in [2.05, 4.69) is 20.8 Å². The predicted molar refractivity (Wildman–Crippen MR) is 50.8 cm³/mol. The van der Waals surface area contributed by atoms with Crippen LogP contribution in [-0.4, -0.2) is 12.4 Å². The summed E-state index contributed by atoms with van der Waals surface area (Å²) in [6.45, 7) is 6.18. The highest BCUT2D eigenvalue weighted by molar-refractivity contribution is 5.65. The average molecular weight is 194 g/mol. The number of furan rings is 1. The molecule has 0 aliphatic carbocycles. The zero-order valence-electron chi connectivity index (χ0n) is 8.61. The SMILES string of the molecule is CC(C)(C)[C@@]1(c2ccoc2)O[C@@H]1C=O. The maximum Gasteiger partial charge on any atom is 0.152 e. The monoisotopic (exact) mass is 194 g/mol. The molecule has 3 heteroatoms. The van der Waals surface area contributed by atoms with Gasteiger partial charge in [0.05, 0.1) is 12.5 Å². The van der Waals surface area contributed by atoms with Crippen LogP contribution in [0.25, 0.3) is 0 Å². The molecule has 0 radical (unpaired) electrons. The van der Waals surface area contributed by atoms with E-state index in [4.69, 9.17) is 9.15 Å². The van der Waals surface area contributed by atoms with Gasteiger partial charge in [-0.15, -0.1) is 0 Å². The molecule has 1 saturated heterocycles. The molecule has 1 aliphatic rings. The third-order valence-electron chi connectivity index (χ3n) is 2.84. The Morgan fingerprint density at radius 2 is 2.21 bits per heavy atom. The molecule has 0 N–H and O–H groups in total. The van der Waals surface area contributed by atoms with Crippen molar-refractivity contribution in [3.63, 3.8) is 0 Å². The fraction of sp³-hybridized carbons (Fsp3) is 0.545. The smallest absolute Gasteiger partial charge is 0.152 e. The molecule has 1 aromatic heterocycles. The molecule has 0 amide bonds. The Balaban J connectivity index is 2.41. The highest BCUT2D eigenvalue weighted by Crippen LogP contribution is 2.57. The van der Waals surface area contributed by atoms with E-state index in [-0.39, 0.29) is 11.5 Å². The van der Waals surface area contributed by atoms with Crippen molar-refractivity contribution in [3.05, 3.63) is 24.2 Å². The number of carbonyl (C=O) groups excluding carboxylic acids is 1. The Labute approximate surface area is 83.0 Å². The van der Waals surface area contributed by atoms with E-state index >= 15 is 0 Å². The van der Waals surface area contributed by atoms with Crippen LogP contribution in [0.1, 0.15) is 26.3 Å². The van der Waals surface area contributed by atoms with Gasteiger partial charge in [-0.3, -0.25) is 0 Å². The first kappa shape index (κ1) is 9.46. The largest absolute Gasteiger partial charge is 0.472 e. The van der Waals surface area contributed by atoms with Crippen molar-refractivity contribution in [3.8, 4) is 0 Å². The molecule has 0 saturated carbocycles. The van der Waals surface area contributed by atoms with Gasteiger partial charge in [-0.05, 0) is 11.5 Å². The molecule has 0 aromatic carbocycles. The number of epoxide rings is 1. The Morgan fingerprint density at radius 1 is 1.50 bits per heavy atom. The van der Waals surface area contributed by atoms with E-state index in [1.807, 2.05) is 6.07 Å². The van der Waals surface area contributed by atoms with Crippen molar-refractivity contribution in [2.75, 3.05) is 0 Å². The molecule has 14 heavy (non-hydrogen) atoms. The summed E-state index contributed by atoms with van der Waals surface area (Å²) in [5, 5.41) is 0. The lowest BCUT2D eigenvalue weighted by molar-refractivity contribution is -0.108. The molecule has 76 valence electrons. The summed E-state index contributed by atoms with van der Waals surface area (Å²) in [6, 6.07) is 1.86. The molecular formula is C11H14O3. The van der Waals surface area contributed by atoms with Crippen molar-refractivity contribution >= 4 is 6.29 Å². The number of hydrogen-bond acceptors (Lipinski definition) is 3. The Bertz CT molecular complexity index is 334. The van der Waals surface area contributed by atoms with Crippen LogP contribution < -0.4 is 0 Å². The number of hydrogen-bond donors (Lipinski definition) is 0. The molecule has 3 nitrogen and oxygen atoms in total. The van der Waals surface area contributed by atoms with Crippen molar-refractivity contribution < 1.29 is 13.9 Å². The maximum atomic E-state index is 10.8. The Morgan fingerprint density at radius 3 is 2.57 bits per heavy atom. The molecule has 0 bridgehead atoms. The minimum Gasteiger partial charge on any atom is -0.472 e. The summed E-state index contributed by atoms with van der Waals surface area (Å²) in [4.78, 5) is 10.8. The summed E-state index contributed by atoms with van der Waals surface area (Å²) in [6.07, 6.45) is 3.78. The summed E-state index contributed by atoms with van der Waals surface area (Å²) >= 11 is 0. The first-order chi connectivity index (χ1) is 6.52. The molecule has 0 spiro atoms. The average Bonchev–Trinajstić information content (AvgIpc) is 2.63. The Kier molecular flexibility index (Phi) is 1.83. The molecule has 1 aromatic rings. The molecule has 1 fully saturated rings. The topological polar surface area (TPSA) is 42.7 Å². The molecular weight excluding hydrogens is 180 g/mol. The fourth-order valence-electron chi connectivity index (χ4n) is 2.03. The zero-order valence-corrected chi connectivity index (χ0v) is 8.61. The fourth-order valence-corrected chi connectivity index (χ4v) is 2.03. The van der Waals surface area contributed by atoms with Crippen molar-refractivity contribution in [1.29, 1.82) is 0 Å². The van der Waals surface area contributed by atoms with Gasteiger partial charge in [-0.1, -0.05) is 20.8 Å². The van der Waals surface area contributed by atoms with Crippen LogP contribution in [0.4, 0.5) is 0 Å². The van der Waals surface area contributed by atoms with Gasteiger partial charge < -0.3 is 13.9 Å². The van der Waals surface area contributed by atoms with Crippen LogP contribution in [0.3, 0.4) is 0 Å². The van der Waals surface area contributed by atoms with Crippen LogP contribution in [0.2, 0.25) is 0 Å². The highest BCUT2D eigenvalue weighted by Gasteiger charge is 2.65. The summed E-state index contributed by atoms with van der Waals surface area (Å²) in [5.41, 5.74) is 0.353. The normalized spacial score (nSPS) is 31.5. The van der Waals surface area contributed by atoms with Crippen molar-refractivity contribution in [2.45, 2.75) is 32.5 Å². The number of rotatable bonds is 2. The number of carbonyl (C=O) groups is 1. The second-order valence-corrected chi connectivity index (χ2v) is 4.67. The summed E-state index contributed by atoms with van der Waals surface area (Å²) in [5.74, 6) is 0. The van der Waals surface area contributed by atoms with Gasteiger partial charge in [0.15, 0.2) is 6.29 Å². The van der Waals surface area contributed by atoms with Crippen LogP contribution in [0.5, 0.6) is 0 Å². The minimum absolute atomic E-state index is 0.109. The van der Waals surface area contributed by atoms with E-state index < -0.39 is 5.60 Å². The van der Waals surface area contributed by atoms with E-state index in [0.717, 1.165) is 11.8 Å². The molecule has 2 atom stereocenters. The maximum absolute atomic E-state index is 10.8. The number of aldehydes is 1. The van der Waals surface area contributed by atoms with Gasteiger partial charge in [0.25, 0.3) is 0 Å². The van der Waals surface area contributed by atoms with Gasteiger partial charge in [-0.25, -0.2) is 0 Å². The summed E-state index contributed by atoms with van der Waals surface area (Å²) < 4.78 is 10.6. The molecule has 0 unspecified atom stereocenters. The zero-order chi connectivity index (χ0) is 10.4. The Hall–Kier alpha value is -1.09. The third kappa shape index (κ3) is 1.05. The van der Waals surface area contributed by atoms with Crippen LogP contribution in [0.15, 0.2) is 23.0 Å². The van der Waals surface area contributed by atoms with Gasteiger partial charge in [0.1, 0.15) is 11.7 Å². The molecule has 1 aliphatic heterocycles. The van der Waals surface area contributed by atoms with E-state index in [0.29, 0.717) is 0 Å². The molecule has 2 heterocycles. The lowest BCUT2D eigenvalue weighted by Crippen LogP contribution is -2.30. The van der Waals surface area contributed by atoms with E-state index in [1.165, 1.54) is 0 Å². The van der Waals surface area contributed by atoms with Crippen LogP contribution in [0, 0.1) is 5.41 Å². The first-order valence-corrected chi connectivity index (χ1v) is 4.68. The van der Waals surface area contributed by atoms with Crippen molar-refractivity contribution in [1.82, 2.24) is 0 Å². The lowest BCUT2D eigenvalue weighted by Gasteiger charge is -2.26. The second kappa shape index (κ2) is 2.70. The van der Waals surface area contributed by atoms with Gasteiger partial charge in [0, 0.05) is 5.56 Å². The highest BCUT2D eigenvalue weighted by atomic mass is 16.6.